The van der Waals surface area contributed by atoms with Gasteiger partial charge in [-0.2, -0.15) is 0 Å². The van der Waals surface area contributed by atoms with Gasteiger partial charge in [0.15, 0.2) is 5.58 Å². The number of nitrogens with zero attached hydrogens (tertiary/aromatic N) is 4. The van der Waals surface area contributed by atoms with E-state index in [0.29, 0.717) is 12.4 Å². The van der Waals surface area contributed by atoms with Gasteiger partial charge in [-0.15, -0.1) is 0 Å². The van der Waals surface area contributed by atoms with Crippen LogP contribution in [-0.4, -0.2) is 85.5 Å². The van der Waals surface area contributed by atoms with Crippen LogP contribution in [-0.2, 0) is 4.79 Å². The Labute approximate surface area is 190 Å². The number of rotatable bonds is 7. The summed E-state index contributed by atoms with van der Waals surface area (Å²) >= 11 is 0. The number of nitrogens with one attached hydrogen (secondary N) is 1. The molecule has 1 aliphatic rings. The molecule has 1 aliphatic heterocycles. The summed E-state index contributed by atoms with van der Waals surface area (Å²) in [4.78, 5) is 24.1. The van der Waals surface area contributed by atoms with Crippen LogP contribution in [0.2, 0.25) is 0 Å². The Balaban J connectivity index is 1.33. The average molecular weight is 436 g/mol. The number of anilines is 1. The number of hydrogen-bond donors (Lipinski definition) is 1. The van der Waals surface area contributed by atoms with Crippen LogP contribution in [0.5, 0.6) is 0 Å². The molecule has 0 radical (unpaired) electrons. The summed E-state index contributed by atoms with van der Waals surface area (Å²) in [5.74, 6) is 0.624. The first-order valence-electron chi connectivity index (χ1n) is 11.2. The largest absolute Gasteiger partial charge is 0.436 e. The molecule has 1 fully saturated rings. The summed E-state index contributed by atoms with van der Waals surface area (Å²) in [6, 6.07) is 11.9. The van der Waals surface area contributed by atoms with Crippen LogP contribution in [0.15, 0.2) is 40.8 Å². The van der Waals surface area contributed by atoms with Crippen LogP contribution < -0.4 is 5.32 Å². The fourth-order valence-corrected chi connectivity index (χ4v) is 4.00. The lowest BCUT2D eigenvalue weighted by molar-refractivity contribution is -0.117. The summed E-state index contributed by atoms with van der Waals surface area (Å²) in [6.07, 6.45) is 0. The second-order valence-corrected chi connectivity index (χ2v) is 8.99. The molecule has 7 nitrogen and oxygen atoms in total. The number of aromatic nitrogens is 1. The van der Waals surface area contributed by atoms with Crippen LogP contribution in [0.4, 0.5) is 5.69 Å². The molecule has 32 heavy (non-hydrogen) atoms. The van der Waals surface area contributed by atoms with Gasteiger partial charge in [-0.1, -0.05) is 6.07 Å². The quantitative estimate of drug-likeness (QED) is 0.615. The molecule has 170 valence electrons. The molecule has 2 aromatic carbocycles. The zero-order chi connectivity index (χ0) is 22.7. The van der Waals surface area contributed by atoms with Crippen LogP contribution in [0.25, 0.3) is 22.6 Å². The lowest BCUT2D eigenvalue weighted by Gasteiger charge is -2.34. The first-order chi connectivity index (χ1) is 15.4. The van der Waals surface area contributed by atoms with E-state index in [-0.39, 0.29) is 5.91 Å². The number of carbonyl (C=O) groups excluding carboxylic acids is 1. The standard InChI is InChI=1S/C25H33N5O2/c1-18-5-8-23-22(15-18)27-25(32-23)20-6-7-21(19(2)16-20)26-24(31)17-30-13-11-29(12-14-30)10-9-28(3)4/h5-8,15-16H,9-14,17H2,1-4H3,(H,26,31). The number of hydrogen-bond acceptors (Lipinski definition) is 6. The minimum Gasteiger partial charge on any atom is -0.436 e. The molecule has 1 N–H and O–H groups in total. The van der Waals surface area contributed by atoms with E-state index in [1.54, 1.807) is 0 Å². The molecule has 4 rings (SSSR count). The first-order valence-corrected chi connectivity index (χ1v) is 11.2. The first kappa shape index (κ1) is 22.5. The van der Waals surface area contributed by atoms with Gasteiger partial charge in [0.25, 0.3) is 0 Å². The monoisotopic (exact) mass is 435 g/mol. The third kappa shape index (κ3) is 5.54. The molecule has 0 bridgehead atoms. The van der Waals surface area contributed by atoms with Crippen molar-refractivity contribution in [2.24, 2.45) is 0 Å². The summed E-state index contributed by atoms with van der Waals surface area (Å²) in [6.45, 7) is 10.5. The molecule has 2 heterocycles. The van der Waals surface area contributed by atoms with Crippen molar-refractivity contribution in [3.63, 3.8) is 0 Å². The van der Waals surface area contributed by atoms with E-state index in [1.807, 2.05) is 50.2 Å². The maximum absolute atomic E-state index is 12.6. The van der Waals surface area contributed by atoms with Gasteiger partial charge >= 0.3 is 0 Å². The number of benzene rings is 2. The van der Waals surface area contributed by atoms with Gasteiger partial charge in [-0.05, 0) is 69.4 Å². The Morgan fingerprint density at radius 3 is 2.53 bits per heavy atom. The van der Waals surface area contributed by atoms with E-state index in [4.69, 9.17) is 4.42 Å². The molecule has 1 saturated heterocycles. The number of carbonyl (C=O) groups is 1. The number of amides is 1. The maximum atomic E-state index is 12.6. The summed E-state index contributed by atoms with van der Waals surface area (Å²) in [5, 5.41) is 3.07. The molecule has 0 spiro atoms. The smallest absolute Gasteiger partial charge is 0.238 e. The van der Waals surface area contributed by atoms with Crippen molar-refractivity contribution in [3.05, 3.63) is 47.5 Å². The van der Waals surface area contributed by atoms with Gasteiger partial charge < -0.3 is 14.6 Å². The van der Waals surface area contributed by atoms with E-state index >= 15 is 0 Å². The fourth-order valence-electron chi connectivity index (χ4n) is 4.00. The summed E-state index contributed by atoms with van der Waals surface area (Å²) < 4.78 is 5.91. The molecule has 0 unspecified atom stereocenters. The Morgan fingerprint density at radius 2 is 1.81 bits per heavy atom. The molecule has 1 amide bonds. The molecule has 7 heteroatoms. The van der Waals surface area contributed by atoms with E-state index in [9.17, 15) is 4.79 Å². The number of fused-ring (bicyclic) bond motifs is 1. The van der Waals surface area contributed by atoms with Crippen LogP contribution in [0.3, 0.4) is 0 Å². The second-order valence-electron chi connectivity index (χ2n) is 8.99. The Bertz CT molecular complexity index is 1080. The van der Waals surface area contributed by atoms with Gasteiger partial charge in [0.2, 0.25) is 11.8 Å². The summed E-state index contributed by atoms with van der Waals surface area (Å²) in [5.41, 5.74) is 5.52. The molecule has 0 aliphatic carbocycles. The van der Waals surface area contributed by atoms with Crippen molar-refractivity contribution < 1.29 is 9.21 Å². The lowest BCUT2D eigenvalue weighted by Crippen LogP contribution is -2.49. The van der Waals surface area contributed by atoms with Crippen molar-refractivity contribution in [2.45, 2.75) is 13.8 Å². The van der Waals surface area contributed by atoms with Gasteiger partial charge in [0.1, 0.15) is 5.52 Å². The minimum absolute atomic E-state index is 0.0277. The highest BCUT2D eigenvalue weighted by Crippen LogP contribution is 2.28. The SMILES string of the molecule is Cc1ccc2oc(-c3ccc(NC(=O)CN4CCN(CCN(C)C)CC4)c(C)c3)nc2c1. The van der Waals surface area contributed by atoms with Gasteiger partial charge in [0.05, 0.1) is 6.54 Å². The van der Waals surface area contributed by atoms with E-state index < -0.39 is 0 Å². The van der Waals surface area contributed by atoms with Gasteiger partial charge in [0, 0.05) is 50.5 Å². The fraction of sp³-hybridized carbons (Fsp3) is 0.440. The van der Waals surface area contributed by atoms with Crippen molar-refractivity contribution >= 4 is 22.7 Å². The number of likely N-dealkylation sites (N-methyl/N-ethyl adjacent to an activating group) is 1. The van der Waals surface area contributed by atoms with Crippen LogP contribution >= 0.6 is 0 Å². The molecular formula is C25H33N5O2. The number of aryl methyl sites for hydroxylation is 2. The van der Waals surface area contributed by atoms with Crippen LogP contribution in [0, 0.1) is 13.8 Å². The third-order valence-electron chi connectivity index (χ3n) is 5.99. The Kier molecular flexibility index (Phi) is 6.89. The lowest BCUT2D eigenvalue weighted by atomic mass is 10.1. The highest BCUT2D eigenvalue weighted by molar-refractivity contribution is 5.93. The molecule has 0 saturated carbocycles. The Hall–Kier alpha value is -2.74. The highest BCUT2D eigenvalue weighted by atomic mass is 16.3. The zero-order valence-corrected chi connectivity index (χ0v) is 19.5. The van der Waals surface area contributed by atoms with Crippen LogP contribution in [0.1, 0.15) is 11.1 Å². The normalized spacial score (nSPS) is 15.5. The topological polar surface area (TPSA) is 64.9 Å². The number of piperazine rings is 1. The van der Waals surface area contributed by atoms with E-state index in [0.717, 1.165) is 72.7 Å². The molecule has 1 aromatic heterocycles. The van der Waals surface area contributed by atoms with E-state index in [1.165, 1.54) is 0 Å². The van der Waals surface area contributed by atoms with Crippen molar-refractivity contribution in [1.82, 2.24) is 19.7 Å². The second kappa shape index (κ2) is 9.81. The van der Waals surface area contributed by atoms with Crippen molar-refractivity contribution in [2.75, 3.05) is 65.2 Å². The minimum atomic E-state index is 0.0277. The molecule has 3 aromatic rings. The van der Waals surface area contributed by atoms with Crippen molar-refractivity contribution in [3.8, 4) is 11.5 Å². The van der Waals surface area contributed by atoms with Gasteiger partial charge in [-0.25, -0.2) is 4.98 Å². The number of oxazole rings is 1. The Morgan fingerprint density at radius 1 is 1.06 bits per heavy atom. The zero-order valence-electron chi connectivity index (χ0n) is 19.5. The molecular weight excluding hydrogens is 402 g/mol. The van der Waals surface area contributed by atoms with Gasteiger partial charge in [-0.3, -0.25) is 14.6 Å². The molecule has 0 atom stereocenters. The summed E-state index contributed by atoms with van der Waals surface area (Å²) in [7, 11) is 4.20. The predicted octanol–water partition coefficient (Wildman–Crippen LogP) is 3.23. The van der Waals surface area contributed by atoms with E-state index in [2.05, 4.69) is 39.1 Å². The van der Waals surface area contributed by atoms with Crippen molar-refractivity contribution in [1.29, 1.82) is 0 Å². The third-order valence-corrected chi connectivity index (χ3v) is 5.99. The average Bonchev–Trinajstić information content (AvgIpc) is 3.18. The highest BCUT2D eigenvalue weighted by Gasteiger charge is 2.19. The predicted molar refractivity (Wildman–Crippen MR) is 129 cm³/mol. The maximum Gasteiger partial charge on any atom is 0.238 e.